The van der Waals surface area contributed by atoms with E-state index >= 15 is 0 Å². The van der Waals surface area contributed by atoms with Gasteiger partial charge in [-0.05, 0) is 42.2 Å². The molecule has 2 aromatic heterocycles. The molecule has 11 heteroatoms. The fourth-order valence-corrected chi connectivity index (χ4v) is 7.02. The van der Waals surface area contributed by atoms with Gasteiger partial charge >= 0.3 is 0 Å². The SMILES string of the molecule is CC(C)c1ncncc1-c1cc(F)ccc1Oc1cncnc1N1CC2(CN(C(=O)CC3=CCC4C(=C3)NC(=O)C4(C)C)C2)C1. The maximum absolute atomic E-state index is 14.4. The van der Waals surface area contributed by atoms with Gasteiger partial charge in [0.2, 0.25) is 11.8 Å². The number of fused-ring (bicyclic) bond motifs is 1. The number of benzene rings is 1. The van der Waals surface area contributed by atoms with Gasteiger partial charge in [-0.3, -0.25) is 9.59 Å². The average Bonchev–Trinajstić information content (AvgIpc) is 3.20. The molecule has 3 aliphatic heterocycles. The highest BCUT2D eigenvalue weighted by Gasteiger charge is 2.54. The molecule has 10 nitrogen and oxygen atoms in total. The highest BCUT2D eigenvalue weighted by Crippen LogP contribution is 2.46. The Bertz CT molecular complexity index is 1750. The molecule has 232 valence electrons. The van der Waals surface area contributed by atoms with Crippen LogP contribution in [0.4, 0.5) is 10.2 Å². The molecule has 1 unspecified atom stereocenters. The van der Waals surface area contributed by atoms with Gasteiger partial charge in [0.1, 0.15) is 24.2 Å². The minimum atomic E-state index is -0.429. The van der Waals surface area contributed by atoms with E-state index in [-0.39, 0.29) is 34.9 Å². The molecule has 3 saturated heterocycles. The first-order chi connectivity index (χ1) is 21.5. The molecule has 5 heterocycles. The lowest BCUT2D eigenvalue weighted by molar-refractivity contribution is -0.144. The van der Waals surface area contributed by atoms with E-state index in [1.807, 2.05) is 38.7 Å². The first-order valence-electron chi connectivity index (χ1n) is 15.4. The first kappa shape index (κ1) is 29.1. The second kappa shape index (κ2) is 10.7. The summed E-state index contributed by atoms with van der Waals surface area (Å²) in [5.74, 6) is 1.58. The second-order valence-electron chi connectivity index (χ2n) is 13.6. The summed E-state index contributed by atoms with van der Waals surface area (Å²) in [4.78, 5) is 46.9. The first-order valence-corrected chi connectivity index (χ1v) is 15.4. The van der Waals surface area contributed by atoms with Crippen LogP contribution in [-0.4, -0.2) is 62.8 Å². The number of hydrogen-bond donors (Lipinski definition) is 1. The molecule has 0 saturated carbocycles. The zero-order chi connectivity index (χ0) is 31.5. The fourth-order valence-electron chi connectivity index (χ4n) is 7.02. The quantitative estimate of drug-likeness (QED) is 0.398. The Balaban J connectivity index is 1.00. The Labute approximate surface area is 261 Å². The minimum Gasteiger partial charge on any atom is -0.451 e. The van der Waals surface area contributed by atoms with Crippen molar-refractivity contribution in [3.05, 3.63) is 78.2 Å². The monoisotopic (exact) mass is 609 g/mol. The average molecular weight is 610 g/mol. The number of nitrogens with zero attached hydrogens (tertiary/aromatic N) is 6. The molecule has 0 radical (unpaired) electrons. The molecule has 1 aromatic carbocycles. The van der Waals surface area contributed by atoms with Gasteiger partial charge in [-0.15, -0.1) is 0 Å². The largest absolute Gasteiger partial charge is 0.451 e. The van der Waals surface area contributed by atoms with Crippen LogP contribution >= 0.6 is 0 Å². The van der Waals surface area contributed by atoms with Crippen LogP contribution in [0.1, 0.15) is 52.1 Å². The highest BCUT2D eigenvalue weighted by atomic mass is 19.1. The van der Waals surface area contributed by atoms with Gasteiger partial charge in [0, 0.05) is 60.5 Å². The third-order valence-corrected chi connectivity index (χ3v) is 9.56. The van der Waals surface area contributed by atoms with Crippen molar-refractivity contribution in [1.82, 2.24) is 30.2 Å². The summed E-state index contributed by atoms with van der Waals surface area (Å²) in [5.41, 5.74) is 3.54. The molecule has 45 heavy (non-hydrogen) atoms. The normalized spacial score (nSPS) is 21.0. The molecular weight excluding hydrogens is 573 g/mol. The maximum atomic E-state index is 14.4. The van der Waals surface area contributed by atoms with Crippen LogP contribution in [0.5, 0.6) is 11.5 Å². The van der Waals surface area contributed by atoms with Crippen molar-refractivity contribution in [1.29, 1.82) is 0 Å². The zero-order valence-electron chi connectivity index (χ0n) is 25.9. The Hall–Kier alpha value is -4.67. The lowest BCUT2D eigenvalue weighted by Crippen LogP contribution is -2.73. The summed E-state index contributed by atoms with van der Waals surface area (Å²) >= 11 is 0. The summed E-state index contributed by atoms with van der Waals surface area (Å²) in [6.45, 7) is 10.8. The standard InChI is InChI=1S/C34H36FN7O3/c1-20(2)30-24(12-36-18-38-30)23-11-22(35)6-8-27(23)45-28-13-37-19-39-31(28)42-16-34(17-42)14-41(15-34)29(43)10-21-5-7-25-26(9-21)40-32(44)33(25,3)4/h5-6,8-9,11-13,18-20,25H,7,10,14-17H2,1-4H3,(H,40,44). The minimum absolute atomic E-state index is 0.0143. The fraction of sp³-hybridized carbons (Fsp3) is 0.412. The molecule has 2 amide bonds. The number of carbonyl (C=O) groups is 2. The van der Waals surface area contributed by atoms with Crippen LogP contribution in [0.25, 0.3) is 11.1 Å². The van der Waals surface area contributed by atoms with Crippen LogP contribution in [-0.2, 0) is 9.59 Å². The predicted octanol–water partition coefficient (Wildman–Crippen LogP) is 5.01. The lowest BCUT2D eigenvalue weighted by atomic mass is 9.72. The summed E-state index contributed by atoms with van der Waals surface area (Å²) < 4.78 is 20.8. The molecule has 3 aromatic rings. The third kappa shape index (κ3) is 5.13. The number of allylic oxidation sites excluding steroid dienone is 3. The van der Waals surface area contributed by atoms with Crippen LogP contribution < -0.4 is 15.0 Å². The Morgan fingerprint density at radius 1 is 1.07 bits per heavy atom. The highest BCUT2D eigenvalue weighted by molar-refractivity contribution is 5.88. The summed E-state index contributed by atoms with van der Waals surface area (Å²) in [6, 6.07) is 4.40. The molecule has 0 bridgehead atoms. The molecule has 1 aliphatic carbocycles. The molecule has 4 aliphatic rings. The van der Waals surface area contributed by atoms with E-state index < -0.39 is 5.41 Å². The van der Waals surface area contributed by atoms with E-state index in [9.17, 15) is 14.0 Å². The number of halogens is 1. The van der Waals surface area contributed by atoms with Crippen molar-refractivity contribution in [3.8, 4) is 22.6 Å². The van der Waals surface area contributed by atoms with E-state index in [2.05, 4.69) is 36.2 Å². The van der Waals surface area contributed by atoms with Crippen LogP contribution in [0.2, 0.25) is 0 Å². The molecule has 7 rings (SSSR count). The van der Waals surface area contributed by atoms with Crippen molar-refractivity contribution < 1.29 is 18.7 Å². The number of likely N-dealkylation sites (tertiary alicyclic amines) is 1. The molecule has 1 spiro atoms. The van der Waals surface area contributed by atoms with Crippen LogP contribution in [0.15, 0.2) is 66.7 Å². The zero-order valence-corrected chi connectivity index (χ0v) is 25.9. The van der Waals surface area contributed by atoms with E-state index in [1.165, 1.54) is 24.8 Å². The number of carbonyl (C=O) groups excluding carboxylic acids is 2. The maximum Gasteiger partial charge on any atom is 0.230 e. The number of nitrogens with one attached hydrogen (secondary N) is 1. The van der Waals surface area contributed by atoms with Crippen molar-refractivity contribution in [2.75, 3.05) is 31.1 Å². The smallest absolute Gasteiger partial charge is 0.230 e. The summed E-state index contributed by atoms with van der Waals surface area (Å²) in [5, 5.41) is 3.01. The van der Waals surface area contributed by atoms with Gasteiger partial charge in [0.15, 0.2) is 11.6 Å². The number of amides is 2. The van der Waals surface area contributed by atoms with Crippen molar-refractivity contribution in [2.24, 2.45) is 16.7 Å². The lowest BCUT2D eigenvalue weighted by Gasteiger charge is -2.60. The van der Waals surface area contributed by atoms with E-state index in [0.29, 0.717) is 48.0 Å². The Kier molecular flexibility index (Phi) is 6.94. The van der Waals surface area contributed by atoms with Gasteiger partial charge in [-0.25, -0.2) is 24.3 Å². The molecular formula is C34H36FN7O3. The van der Waals surface area contributed by atoms with Crippen LogP contribution in [0, 0.1) is 22.6 Å². The van der Waals surface area contributed by atoms with Gasteiger partial charge in [0.25, 0.3) is 0 Å². The number of hydrogen-bond acceptors (Lipinski definition) is 8. The summed E-state index contributed by atoms with van der Waals surface area (Å²) in [7, 11) is 0. The van der Waals surface area contributed by atoms with Gasteiger partial charge in [-0.2, -0.15) is 0 Å². The van der Waals surface area contributed by atoms with Gasteiger partial charge in [0.05, 0.1) is 23.7 Å². The number of rotatable bonds is 7. The number of ether oxygens (including phenoxy) is 1. The van der Waals surface area contributed by atoms with E-state index in [4.69, 9.17) is 4.74 Å². The topological polar surface area (TPSA) is 113 Å². The second-order valence-corrected chi connectivity index (χ2v) is 13.6. The van der Waals surface area contributed by atoms with Gasteiger partial charge < -0.3 is 19.9 Å². The van der Waals surface area contributed by atoms with Crippen molar-refractivity contribution in [3.63, 3.8) is 0 Å². The Morgan fingerprint density at radius 2 is 1.82 bits per heavy atom. The van der Waals surface area contributed by atoms with Crippen molar-refractivity contribution >= 4 is 17.6 Å². The van der Waals surface area contributed by atoms with E-state index in [0.717, 1.165) is 36.5 Å². The molecule has 1 atom stereocenters. The molecule has 3 fully saturated rings. The Morgan fingerprint density at radius 3 is 2.60 bits per heavy atom. The van der Waals surface area contributed by atoms with Crippen LogP contribution in [0.3, 0.4) is 0 Å². The predicted molar refractivity (Wildman–Crippen MR) is 166 cm³/mol. The van der Waals surface area contributed by atoms with Crippen molar-refractivity contribution in [2.45, 2.75) is 46.5 Å². The number of aromatic nitrogens is 4. The third-order valence-electron chi connectivity index (χ3n) is 9.56. The number of anilines is 1. The van der Waals surface area contributed by atoms with Gasteiger partial charge in [-0.1, -0.05) is 33.8 Å². The summed E-state index contributed by atoms with van der Waals surface area (Å²) in [6.07, 6.45) is 11.5. The van der Waals surface area contributed by atoms with E-state index in [1.54, 1.807) is 18.5 Å². The molecule has 1 N–H and O–H groups in total.